The summed E-state index contributed by atoms with van der Waals surface area (Å²) in [6.45, 7) is 2.97. The van der Waals surface area contributed by atoms with E-state index in [4.69, 9.17) is 0 Å². The highest BCUT2D eigenvalue weighted by Gasteiger charge is 2.21. The summed E-state index contributed by atoms with van der Waals surface area (Å²) < 4.78 is 14.7. The molecule has 3 aromatic rings. The van der Waals surface area contributed by atoms with Crippen LogP contribution < -0.4 is 10.9 Å². The van der Waals surface area contributed by atoms with Crippen molar-refractivity contribution in [2.45, 2.75) is 62.1 Å². The molecule has 2 fully saturated rings. The van der Waals surface area contributed by atoms with Crippen LogP contribution in [-0.4, -0.2) is 44.2 Å². The number of anilines is 1. The Kier molecular flexibility index (Phi) is 6.92. The second-order valence-electron chi connectivity index (χ2n) is 9.10. The van der Waals surface area contributed by atoms with E-state index in [-0.39, 0.29) is 5.39 Å². The first-order chi connectivity index (χ1) is 16.1. The van der Waals surface area contributed by atoms with Crippen molar-refractivity contribution in [2.75, 3.05) is 18.4 Å². The van der Waals surface area contributed by atoms with Gasteiger partial charge >= 0.3 is 0 Å². The van der Waals surface area contributed by atoms with E-state index in [9.17, 15) is 9.18 Å². The van der Waals surface area contributed by atoms with Crippen molar-refractivity contribution in [2.24, 2.45) is 0 Å². The van der Waals surface area contributed by atoms with E-state index in [1.165, 1.54) is 18.9 Å². The van der Waals surface area contributed by atoms with E-state index in [1.807, 2.05) is 36.2 Å². The third-order valence-corrected chi connectivity index (χ3v) is 8.02. The van der Waals surface area contributed by atoms with E-state index in [0.717, 1.165) is 51.0 Å². The topological polar surface area (TPSA) is 73.9 Å². The normalized spacial score (nSPS) is 18.2. The highest BCUT2D eigenvalue weighted by molar-refractivity contribution is 7.99. The number of benzene rings is 1. The molecule has 8 heteroatoms. The molecule has 1 aromatic carbocycles. The largest absolute Gasteiger partial charge is 0.382 e. The van der Waals surface area contributed by atoms with Crippen molar-refractivity contribution < 1.29 is 4.39 Å². The smallest absolute Gasteiger partial charge is 0.261 e. The number of aromatic amines is 1. The lowest BCUT2D eigenvalue weighted by atomic mass is 10.1. The molecule has 2 aliphatic rings. The molecule has 3 heterocycles. The summed E-state index contributed by atoms with van der Waals surface area (Å²) in [6, 6.07) is 9.66. The van der Waals surface area contributed by atoms with E-state index in [0.29, 0.717) is 34.1 Å². The minimum absolute atomic E-state index is 0.0450. The number of likely N-dealkylation sites (tertiary alicyclic amines) is 1. The first-order valence-electron chi connectivity index (χ1n) is 11.9. The Bertz CT molecular complexity index is 1140. The molecule has 5 rings (SSSR count). The lowest BCUT2D eigenvalue weighted by molar-refractivity contribution is 0.222. The molecule has 2 N–H and O–H groups in total. The molecule has 6 nitrogen and oxygen atoms in total. The standard InChI is InChI=1S/C25H30FN5OS/c26-21-13-19(28-17-5-1-2-6-17)14-22-24(21)25(32)30-23(29-22)16-33-20-8-11-31(12-9-20)15-18-7-3-4-10-27-18/h3-4,7,10,13-14,17,20,28H,1-2,5-6,8-9,11-12,15-16H2,(H,29,30,32). The van der Waals surface area contributed by atoms with Gasteiger partial charge in [0.15, 0.2) is 0 Å². The van der Waals surface area contributed by atoms with Crippen LogP contribution in [-0.2, 0) is 12.3 Å². The monoisotopic (exact) mass is 467 g/mol. The molecule has 1 aliphatic carbocycles. The highest BCUT2D eigenvalue weighted by atomic mass is 32.2. The molecule has 174 valence electrons. The van der Waals surface area contributed by atoms with E-state index >= 15 is 0 Å². The van der Waals surface area contributed by atoms with Crippen LogP contribution in [0.5, 0.6) is 0 Å². The molecule has 0 atom stereocenters. The molecule has 0 amide bonds. The molecule has 33 heavy (non-hydrogen) atoms. The van der Waals surface area contributed by atoms with E-state index < -0.39 is 11.4 Å². The summed E-state index contributed by atoms with van der Waals surface area (Å²) in [4.78, 5) is 26.8. The van der Waals surface area contributed by atoms with Crippen LogP contribution in [0.25, 0.3) is 10.9 Å². The first-order valence-corrected chi connectivity index (χ1v) is 12.9. The molecule has 0 unspecified atom stereocenters. The summed E-state index contributed by atoms with van der Waals surface area (Å²) >= 11 is 1.83. The molecule has 1 aliphatic heterocycles. The number of fused-ring (bicyclic) bond motifs is 1. The second kappa shape index (κ2) is 10.2. The van der Waals surface area contributed by atoms with Gasteiger partial charge in [-0.2, -0.15) is 11.8 Å². The van der Waals surface area contributed by atoms with Gasteiger partial charge in [-0.15, -0.1) is 0 Å². The second-order valence-corrected chi connectivity index (χ2v) is 10.4. The maximum absolute atomic E-state index is 14.7. The average Bonchev–Trinajstić information content (AvgIpc) is 3.32. The molecule has 0 radical (unpaired) electrons. The van der Waals surface area contributed by atoms with E-state index in [2.05, 4.69) is 31.2 Å². The zero-order chi connectivity index (χ0) is 22.6. The van der Waals surface area contributed by atoms with Gasteiger partial charge in [-0.3, -0.25) is 14.7 Å². The lowest BCUT2D eigenvalue weighted by Crippen LogP contribution is -2.34. The minimum atomic E-state index is -0.513. The van der Waals surface area contributed by atoms with Crippen LogP contribution >= 0.6 is 11.8 Å². The number of piperidine rings is 1. The maximum Gasteiger partial charge on any atom is 0.261 e. The maximum atomic E-state index is 14.7. The van der Waals surface area contributed by atoms with Crippen molar-refractivity contribution in [1.29, 1.82) is 0 Å². The number of aromatic nitrogens is 3. The Morgan fingerprint density at radius 3 is 2.73 bits per heavy atom. The lowest BCUT2D eigenvalue weighted by Gasteiger charge is -2.31. The number of hydrogen-bond donors (Lipinski definition) is 2. The van der Waals surface area contributed by atoms with Crippen molar-refractivity contribution >= 4 is 28.4 Å². The van der Waals surface area contributed by atoms with Crippen LogP contribution in [0.1, 0.15) is 50.0 Å². The van der Waals surface area contributed by atoms with Gasteiger partial charge in [0.25, 0.3) is 5.56 Å². The van der Waals surface area contributed by atoms with Gasteiger partial charge in [0.2, 0.25) is 0 Å². The van der Waals surface area contributed by atoms with Crippen molar-refractivity contribution in [1.82, 2.24) is 19.9 Å². The quantitative estimate of drug-likeness (QED) is 0.524. The molecule has 1 saturated carbocycles. The Hall–Kier alpha value is -2.45. The van der Waals surface area contributed by atoms with Crippen LogP contribution in [0.4, 0.5) is 10.1 Å². The Balaban J connectivity index is 1.20. The van der Waals surface area contributed by atoms with Crippen LogP contribution in [0.15, 0.2) is 41.3 Å². The first kappa shape index (κ1) is 22.3. The number of rotatable bonds is 7. The zero-order valence-electron chi connectivity index (χ0n) is 18.7. The average molecular weight is 468 g/mol. The third kappa shape index (κ3) is 5.55. The minimum Gasteiger partial charge on any atom is -0.382 e. The molecule has 1 saturated heterocycles. The van der Waals surface area contributed by atoms with Gasteiger partial charge in [-0.1, -0.05) is 18.9 Å². The fraction of sp³-hybridized carbons (Fsp3) is 0.480. The number of nitrogens with one attached hydrogen (secondary N) is 2. The van der Waals surface area contributed by atoms with Crippen LogP contribution in [0.3, 0.4) is 0 Å². The third-order valence-electron chi connectivity index (χ3n) is 6.64. The van der Waals surface area contributed by atoms with Crippen molar-refractivity contribution in [3.8, 4) is 0 Å². The number of pyridine rings is 1. The zero-order valence-corrected chi connectivity index (χ0v) is 19.5. The van der Waals surface area contributed by atoms with Gasteiger partial charge in [0, 0.05) is 29.7 Å². The molecule has 2 aromatic heterocycles. The summed E-state index contributed by atoms with van der Waals surface area (Å²) in [7, 11) is 0. The van der Waals surface area contributed by atoms with Crippen molar-refractivity contribution in [3.63, 3.8) is 0 Å². The number of H-pyrrole nitrogens is 1. The summed E-state index contributed by atoms with van der Waals surface area (Å²) in [5.74, 6) is 0.727. The molecular formula is C25H30FN5OS. The van der Waals surface area contributed by atoms with Gasteiger partial charge < -0.3 is 10.3 Å². The summed E-state index contributed by atoms with van der Waals surface area (Å²) in [6.07, 6.45) is 8.65. The molecule has 0 bridgehead atoms. The van der Waals surface area contributed by atoms with Crippen molar-refractivity contribution in [3.05, 3.63) is 64.2 Å². The Morgan fingerprint density at radius 2 is 1.97 bits per heavy atom. The predicted molar refractivity (Wildman–Crippen MR) is 132 cm³/mol. The fourth-order valence-electron chi connectivity index (χ4n) is 4.88. The number of halogens is 1. The highest BCUT2D eigenvalue weighted by Crippen LogP contribution is 2.28. The van der Waals surface area contributed by atoms with Crippen LogP contribution in [0.2, 0.25) is 0 Å². The van der Waals surface area contributed by atoms with Gasteiger partial charge in [0.05, 0.1) is 17.0 Å². The molecular weight excluding hydrogens is 437 g/mol. The van der Waals surface area contributed by atoms with Gasteiger partial charge in [0.1, 0.15) is 17.0 Å². The number of thioether (sulfide) groups is 1. The molecule has 0 spiro atoms. The number of nitrogens with zero attached hydrogens (tertiary/aromatic N) is 3. The SMILES string of the molecule is O=c1[nH]c(CSC2CCN(Cc3ccccn3)CC2)nc2cc(NC3CCCC3)cc(F)c12. The van der Waals surface area contributed by atoms with Crippen LogP contribution in [0, 0.1) is 5.82 Å². The summed E-state index contributed by atoms with van der Waals surface area (Å²) in [5, 5.41) is 3.98. The number of hydrogen-bond acceptors (Lipinski definition) is 6. The van der Waals surface area contributed by atoms with Gasteiger partial charge in [-0.25, -0.2) is 9.37 Å². The van der Waals surface area contributed by atoms with E-state index in [1.54, 1.807) is 0 Å². The fourth-order valence-corrected chi connectivity index (χ4v) is 5.96. The van der Waals surface area contributed by atoms with Gasteiger partial charge in [-0.05, 0) is 63.0 Å². The Morgan fingerprint density at radius 1 is 1.15 bits per heavy atom. The Labute approximate surface area is 197 Å². The predicted octanol–water partition coefficient (Wildman–Crippen LogP) is 4.71. The summed E-state index contributed by atoms with van der Waals surface area (Å²) in [5.41, 5.74) is 1.85.